The number of hydrogen-bond acceptors (Lipinski definition) is 3. The van der Waals surface area contributed by atoms with Crippen LogP contribution < -0.4 is 10.2 Å². The second kappa shape index (κ2) is 5.75. The first-order valence-electron chi connectivity index (χ1n) is 7.59. The summed E-state index contributed by atoms with van der Waals surface area (Å²) in [5.74, 6) is 0.886. The fourth-order valence-corrected chi connectivity index (χ4v) is 4.66. The summed E-state index contributed by atoms with van der Waals surface area (Å²) >= 11 is 5.41. The van der Waals surface area contributed by atoms with Crippen LogP contribution in [0.15, 0.2) is 40.2 Å². The number of para-hydroxylation sites is 1. The Labute approximate surface area is 138 Å². The van der Waals surface area contributed by atoms with Crippen molar-refractivity contribution in [3.05, 3.63) is 50.6 Å². The van der Waals surface area contributed by atoms with Crippen molar-refractivity contribution >= 4 is 33.0 Å². The molecule has 4 rings (SSSR count). The highest BCUT2D eigenvalue weighted by molar-refractivity contribution is 9.10. The van der Waals surface area contributed by atoms with Crippen LogP contribution in [-0.2, 0) is 13.1 Å². The molecule has 0 spiro atoms. The highest BCUT2D eigenvalue weighted by Gasteiger charge is 2.34. The standard InChI is InChI=1S/C17H19BrN2S/c18-14-7-15(21-11-14)9-20-10-16(12-5-6-12)19-8-13-3-1-2-4-17(13)20/h1-4,7,11-12,16,19H,5-6,8-10H2. The van der Waals surface area contributed by atoms with Gasteiger partial charge in [0, 0.05) is 39.5 Å². The second-order valence-electron chi connectivity index (χ2n) is 6.07. The van der Waals surface area contributed by atoms with Crippen molar-refractivity contribution in [1.29, 1.82) is 0 Å². The van der Waals surface area contributed by atoms with Gasteiger partial charge in [0.2, 0.25) is 0 Å². The van der Waals surface area contributed by atoms with Gasteiger partial charge in [-0.1, -0.05) is 18.2 Å². The van der Waals surface area contributed by atoms with Gasteiger partial charge in [-0.15, -0.1) is 11.3 Å². The van der Waals surface area contributed by atoms with Crippen molar-refractivity contribution in [2.75, 3.05) is 11.4 Å². The van der Waals surface area contributed by atoms with Crippen molar-refractivity contribution in [3.8, 4) is 0 Å². The van der Waals surface area contributed by atoms with Crippen LogP contribution in [0.3, 0.4) is 0 Å². The van der Waals surface area contributed by atoms with Crippen LogP contribution in [0.25, 0.3) is 0 Å². The van der Waals surface area contributed by atoms with E-state index in [4.69, 9.17) is 0 Å². The zero-order valence-corrected chi connectivity index (χ0v) is 14.3. The lowest BCUT2D eigenvalue weighted by Crippen LogP contribution is -2.39. The van der Waals surface area contributed by atoms with E-state index in [1.165, 1.54) is 33.4 Å². The van der Waals surface area contributed by atoms with Crippen molar-refractivity contribution in [2.45, 2.75) is 32.0 Å². The topological polar surface area (TPSA) is 15.3 Å². The molecular weight excluding hydrogens is 344 g/mol. The summed E-state index contributed by atoms with van der Waals surface area (Å²) in [6, 6.07) is 11.7. The van der Waals surface area contributed by atoms with E-state index in [-0.39, 0.29) is 0 Å². The number of thiophene rings is 1. The monoisotopic (exact) mass is 362 g/mol. The molecule has 2 nitrogen and oxygen atoms in total. The predicted molar refractivity (Wildman–Crippen MR) is 92.9 cm³/mol. The summed E-state index contributed by atoms with van der Waals surface area (Å²) < 4.78 is 1.20. The van der Waals surface area contributed by atoms with Gasteiger partial charge in [0.25, 0.3) is 0 Å². The van der Waals surface area contributed by atoms with Crippen molar-refractivity contribution < 1.29 is 0 Å². The molecule has 4 heteroatoms. The minimum Gasteiger partial charge on any atom is -0.365 e. The molecule has 1 aromatic carbocycles. The third kappa shape index (κ3) is 3.03. The Balaban J connectivity index is 1.63. The molecule has 0 radical (unpaired) electrons. The van der Waals surface area contributed by atoms with Crippen molar-refractivity contribution in [3.63, 3.8) is 0 Å². The molecule has 0 saturated heterocycles. The van der Waals surface area contributed by atoms with Crippen LogP contribution in [-0.4, -0.2) is 12.6 Å². The largest absolute Gasteiger partial charge is 0.365 e. The van der Waals surface area contributed by atoms with E-state index in [2.05, 4.69) is 61.9 Å². The first-order valence-corrected chi connectivity index (χ1v) is 9.26. The lowest BCUT2D eigenvalue weighted by atomic mass is 10.1. The number of fused-ring (bicyclic) bond motifs is 1. The van der Waals surface area contributed by atoms with Gasteiger partial charge in [0.1, 0.15) is 0 Å². The summed E-state index contributed by atoms with van der Waals surface area (Å²) in [7, 11) is 0. The van der Waals surface area contributed by atoms with Crippen LogP contribution in [0.1, 0.15) is 23.3 Å². The molecule has 2 aromatic rings. The highest BCUT2D eigenvalue weighted by Crippen LogP contribution is 2.36. The molecule has 1 aromatic heterocycles. The van der Waals surface area contributed by atoms with Crippen molar-refractivity contribution in [1.82, 2.24) is 5.32 Å². The van der Waals surface area contributed by atoms with E-state index in [1.54, 1.807) is 0 Å². The molecule has 1 saturated carbocycles. The van der Waals surface area contributed by atoms with E-state index in [9.17, 15) is 0 Å². The molecule has 0 amide bonds. The molecule has 1 N–H and O–H groups in total. The Hall–Kier alpha value is -0.840. The Kier molecular flexibility index (Phi) is 3.78. The van der Waals surface area contributed by atoms with Crippen molar-refractivity contribution in [2.24, 2.45) is 5.92 Å². The van der Waals surface area contributed by atoms with Gasteiger partial charge in [-0.05, 0) is 52.4 Å². The maximum absolute atomic E-state index is 3.77. The fraction of sp³-hybridized carbons (Fsp3) is 0.412. The number of rotatable bonds is 3. The van der Waals surface area contributed by atoms with Gasteiger partial charge >= 0.3 is 0 Å². The Morgan fingerprint density at radius 3 is 2.90 bits per heavy atom. The average Bonchev–Trinajstić information content (AvgIpc) is 3.27. The SMILES string of the molecule is Brc1csc(CN2CC(C3CC3)NCc3ccccc32)c1. The van der Waals surface area contributed by atoms with Gasteiger partial charge in [-0.25, -0.2) is 0 Å². The first-order chi connectivity index (χ1) is 10.3. The Morgan fingerprint density at radius 1 is 1.29 bits per heavy atom. The number of halogens is 1. The third-order valence-electron chi connectivity index (χ3n) is 4.46. The quantitative estimate of drug-likeness (QED) is 0.870. The summed E-state index contributed by atoms with van der Waals surface area (Å²) in [6.07, 6.45) is 2.79. The summed E-state index contributed by atoms with van der Waals surface area (Å²) in [5.41, 5.74) is 2.83. The van der Waals surface area contributed by atoms with E-state index in [0.29, 0.717) is 6.04 Å². The van der Waals surface area contributed by atoms with Crippen LogP contribution >= 0.6 is 27.3 Å². The van der Waals surface area contributed by atoms with Crippen LogP contribution in [0.4, 0.5) is 5.69 Å². The molecule has 1 unspecified atom stereocenters. The van der Waals surface area contributed by atoms with Gasteiger partial charge in [0.05, 0.1) is 6.54 Å². The summed E-state index contributed by atoms with van der Waals surface area (Å²) in [4.78, 5) is 3.99. The van der Waals surface area contributed by atoms with Crippen LogP contribution in [0.2, 0.25) is 0 Å². The number of anilines is 1. The highest BCUT2D eigenvalue weighted by atomic mass is 79.9. The summed E-state index contributed by atoms with van der Waals surface area (Å²) in [6.45, 7) is 3.14. The van der Waals surface area contributed by atoms with E-state index in [1.807, 2.05) is 11.3 Å². The van der Waals surface area contributed by atoms with Crippen LogP contribution in [0, 0.1) is 5.92 Å². The van der Waals surface area contributed by atoms with Gasteiger partial charge < -0.3 is 10.2 Å². The van der Waals surface area contributed by atoms with Gasteiger partial charge in [-0.2, -0.15) is 0 Å². The van der Waals surface area contributed by atoms with Gasteiger partial charge in [0.15, 0.2) is 0 Å². The van der Waals surface area contributed by atoms with E-state index < -0.39 is 0 Å². The molecule has 1 aliphatic heterocycles. The number of hydrogen-bond donors (Lipinski definition) is 1. The molecule has 0 bridgehead atoms. The Morgan fingerprint density at radius 2 is 2.14 bits per heavy atom. The summed E-state index contributed by atoms with van der Waals surface area (Å²) in [5, 5.41) is 5.95. The third-order valence-corrected chi connectivity index (χ3v) is 6.15. The molecular formula is C17H19BrN2S. The zero-order chi connectivity index (χ0) is 14.2. The Bertz CT molecular complexity index is 635. The van der Waals surface area contributed by atoms with Crippen LogP contribution in [0.5, 0.6) is 0 Å². The number of benzene rings is 1. The van der Waals surface area contributed by atoms with E-state index in [0.717, 1.165) is 25.6 Å². The molecule has 1 fully saturated rings. The van der Waals surface area contributed by atoms with E-state index >= 15 is 0 Å². The number of nitrogens with zero attached hydrogens (tertiary/aromatic N) is 1. The second-order valence-corrected chi connectivity index (χ2v) is 7.98. The maximum Gasteiger partial charge on any atom is 0.0524 e. The van der Waals surface area contributed by atoms with Gasteiger partial charge in [-0.3, -0.25) is 0 Å². The minimum atomic E-state index is 0.640. The zero-order valence-electron chi connectivity index (χ0n) is 11.9. The molecule has 21 heavy (non-hydrogen) atoms. The molecule has 1 aliphatic carbocycles. The normalized spacial score (nSPS) is 22.0. The molecule has 1 atom stereocenters. The number of nitrogens with one attached hydrogen (secondary N) is 1. The predicted octanol–water partition coefficient (Wildman–Crippen LogP) is 4.40. The lowest BCUT2D eigenvalue weighted by Gasteiger charge is -2.27. The average molecular weight is 363 g/mol. The molecule has 110 valence electrons. The minimum absolute atomic E-state index is 0.640. The lowest BCUT2D eigenvalue weighted by molar-refractivity contribution is 0.467. The smallest absolute Gasteiger partial charge is 0.0524 e. The molecule has 2 aliphatic rings. The first kappa shape index (κ1) is 13.8. The fourth-order valence-electron chi connectivity index (χ4n) is 3.20. The maximum atomic E-state index is 3.77. The molecule has 2 heterocycles.